The number of carboxylic acid groups (broad SMARTS) is 1. The van der Waals surface area contributed by atoms with Crippen LogP contribution in [0.3, 0.4) is 0 Å². The zero-order chi connectivity index (χ0) is 13.8. The molecular formula is C13H23NO4. The summed E-state index contributed by atoms with van der Waals surface area (Å²) in [5.74, 6) is -0.908. The molecule has 1 amide bonds. The second kappa shape index (κ2) is 6.18. The van der Waals surface area contributed by atoms with Crippen molar-refractivity contribution in [1.82, 2.24) is 4.90 Å². The predicted molar refractivity (Wildman–Crippen MR) is 67.3 cm³/mol. The molecule has 0 radical (unpaired) electrons. The fourth-order valence-corrected chi connectivity index (χ4v) is 2.29. The van der Waals surface area contributed by atoms with Crippen LogP contribution in [0, 0.1) is 5.41 Å². The van der Waals surface area contributed by atoms with Crippen molar-refractivity contribution in [2.75, 3.05) is 19.7 Å². The Labute approximate surface area is 108 Å². The molecule has 0 spiro atoms. The molecular weight excluding hydrogens is 234 g/mol. The van der Waals surface area contributed by atoms with Gasteiger partial charge in [-0.1, -0.05) is 6.92 Å². The average Bonchev–Trinajstić information content (AvgIpc) is 2.35. The Morgan fingerprint density at radius 1 is 1.44 bits per heavy atom. The molecule has 1 saturated heterocycles. The van der Waals surface area contributed by atoms with Crippen LogP contribution < -0.4 is 0 Å². The molecule has 0 saturated carbocycles. The molecule has 1 atom stereocenters. The van der Waals surface area contributed by atoms with E-state index in [0.717, 1.165) is 6.42 Å². The van der Waals surface area contributed by atoms with Gasteiger partial charge in [0.1, 0.15) is 6.61 Å². The fraction of sp³-hybridized carbons (Fsp3) is 0.846. The maximum Gasteiger partial charge on any atom is 0.311 e. The van der Waals surface area contributed by atoms with Crippen LogP contribution in [0.4, 0.5) is 0 Å². The van der Waals surface area contributed by atoms with Gasteiger partial charge in [-0.05, 0) is 33.1 Å². The van der Waals surface area contributed by atoms with Gasteiger partial charge >= 0.3 is 5.97 Å². The summed E-state index contributed by atoms with van der Waals surface area (Å²) in [6, 6.07) is 0. The van der Waals surface area contributed by atoms with E-state index in [-0.39, 0.29) is 18.6 Å². The molecule has 1 heterocycles. The van der Waals surface area contributed by atoms with Crippen molar-refractivity contribution in [3.05, 3.63) is 0 Å². The summed E-state index contributed by atoms with van der Waals surface area (Å²) in [6.07, 6.45) is 1.95. The number of amides is 1. The van der Waals surface area contributed by atoms with Crippen LogP contribution in [0.1, 0.15) is 40.0 Å². The highest BCUT2D eigenvalue weighted by atomic mass is 16.5. The predicted octanol–water partition coefficient (Wildman–Crippen LogP) is 1.51. The molecule has 1 rings (SSSR count). The molecule has 1 aliphatic heterocycles. The summed E-state index contributed by atoms with van der Waals surface area (Å²) in [6.45, 7) is 6.59. The lowest BCUT2D eigenvalue weighted by molar-refractivity contribution is -0.156. The van der Waals surface area contributed by atoms with Crippen molar-refractivity contribution in [1.29, 1.82) is 0 Å². The van der Waals surface area contributed by atoms with Crippen molar-refractivity contribution in [3.63, 3.8) is 0 Å². The minimum absolute atomic E-state index is 0.00847. The zero-order valence-electron chi connectivity index (χ0n) is 11.4. The third-order valence-electron chi connectivity index (χ3n) is 3.60. The molecule has 5 nitrogen and oxygen atoms in total. The minimum atomic E-state index is -0.799. The topological polar surface area (TPSA) is 66.8 Å². The number of aliphatic carboxylic acids is 1. The van der Waals surface area contributed by atoms with E-state index in [1.165, 1.54) is 0 Å². The van der Waals surface area contributed by atoms with E-state index >= 15 is 0 Å². The average molecular weight is 257 g/mol. The lowest BCUT2D eigenvalue weighted by Gasteiger charge is -2.39. The van der Waals surface area contributed by atoms with E-state index in [1.807, 2.05) is 20.8 Å². The number of nitrogens with zero attached hydrogens (tertiary/aromatic N) is 1. The van der Waals surface area contributed by atoms with Gasteiger partial charge in [0.25, 0.3) is 0 Å². The second-order valence-electron chi connectivity index (χ2n) is 5.22. The number of ether oxygens (including phenoxy) is 1. The van der Waals surface area contributed by atoms with Crippen molar-refractivity contribution in [2.24, 2.45) is 5.41 Å². The number of carboxylic acids is 1. The SMILES string of the molecule is CCC1(C(=O)O)CCCN(C(=O)COC(C)C)C1. The highest BCUT2D eigenvalue weighted by Gasteiger charge is 2.41. The van der Waals surface area contributed by atoms with Crippen LogP contribution >= 0.6 is 0 Å². The molecule has 1 unspecified atom stereocenters. The Balaban J connectivity index is 2.63. The van der Waals surface area contributed by atoms with Crippen molar-refractivity contribution < 1.29 is 19.4 Å². The summed E-state index contributed by atoms with van der Waals surface area (Å²) in [5.41, 5.74) is -0.772. The van der Waals surface area contributed by atoms with Gasteiger partial charge in [0.2, 0.25) is 5.91 Å². The van der Waals surface area contributed by atoms with Crippen LogP contribution in [0.25, 0.3) is 0 Å². The number of likely N-dealkylation sites (tertiary alicyclic amines) is 1. The molecule has 0 aromatic rings. The minimum Gasteiger partial charge on any atom is -0.481 e. The van der Waals surface area contributed by atoms with Gasteiger partial charge in [-0.2, -0.15) is 0 Å². The van der Waals surface area contributed by atoms with Gasteiger partial charge in [-0.3, -0.25) is 9.59 Å². The summed E-state index contributed by atoms with van der Waals surface area (Å²) in [5, 5.41) is 9.34. The monoisotopic (exact) mass is 257 g/mol. The van der Waals surface area contributed by atoms with Crippen LogP contribution in [-0.4, -0.2) is 47.7 Å². The first kappa shape index (κ1) is 15.0. The van der Waals surface area contributed by atoms with Crippen LogP contribution in [0.15, 0.2) is 0 Å². The Morgan fingerprint density at radius 3 is 2.61 bits per heavy atom. The van der Waals surface area contributed by atoms with Gasteiger partial charge < -0.3 is 14.7 Å². The molecule has 104 valence electrons. The van der Waals surface area contributed by atoms with Gasteiger partial charge in [-0.25, -0.2) is 0 Å². The van der Waals surface area contributed by atoms with Crippen LogP contribution in [0.5, 0.6) is 0 Å². The number of hydrogen-bond donors (Lipinski definition) is 1. The van der Waals surface area contributed by atoms with E-state index in [0.29, 0.717) is 25.9 Å². The normalized spacial score (nSPS) is 24.3. The van der Waals surface area contributed by atoms with Crippen molar-refractivity contribution in [2.45, 2.75) is 46.1 Å². The Kier molecular flexibility index (Phi) is 5.14. The second-order valence-corrected chi connectivity index (χ2v) is 5.22. The molecule has 0 aliphatic carbocycles. The standard InChI is InChI=1S/C13H23NO4/c1-4-13(12(16)17)6-5-7-14(9-13)11(15)8-18-10(2)3/h10H,4-9H2,1-3H3,(H,16,17). The van der Waals surface area contributed by atoms with Crippen LogP contribution in [0.2, 0.25) is 0 Å². The number of hydrogen-bond acceptors (Lipinski definition) is 3. The molecule has 0 bridgehead atoms. The Morgan fingerprint density at radius 2 is 2.11 bits per heavy atom. The number of carbonyl (C=O) groups is 2. The van der Waals surface area contributed by atoms with E-state index < -0.39 is 11.4 Å². The number of piperidine rings is 1. The number of rotatable bonds is 5. The highest BCUT2D eigenvalue weighted by molar-refractivity contribution is 5.80. The summed E-state index contributed by atoms with van der Waals surface area (Å²) in [7, 11) is 0. The molecule has 5 heteroatoms. The molecule has 0 aromatic heterocycles. The maximum absolute atomic E-state index is 11.9. The lowest BCUT2D eigenvalue weighted by atomic mass is 9.77. The summed E-state index contributed by atoms with van der Waals surface area (Å²) >= 11 is 0. The molecule has 1 aliphatic rings. The van der Waals surface area contributed by atoms with E-state index in [4.69, 9.17) is 4.74 Å². The van der Waals surface area contributed by atoms with Gasteiger partial charge in [-0.15, -0.1) is 0 Å². The van der Waals surface area contributed by atoms with E-state index in [1.54, 1.807) is 4.90 Å². The van der Waals surface area contributed by atoms with Gasteiger partial charge in [0.15, 0.2) is 0 Å². The largest absolute Gasteiger partial charge is 0.481 e. The number of carbonyl (C=O) groups excluding carboxylic acids is 1. The first-order chi connectivity index (χ1) is 8.41. The molecule has 1 N–H and O–H groups in total. The van der Waals surface area contributed by atoms with E-state index in [9.17, 15) is 14.7 Å². The maximum atomic E-state index is 11.9. The fourth-order valence-electron chi connectivity index (χ4n) is 2.29. The summed E-state index contributed by atoms with van der Waals surface area (Å²) < 4.78 is 5.28. The van der Waals surface area contributed by atoms with Crippen molar-refractivity contribution >= 4 is 11.9 Å². The first-order valence-corrected chi connectivity index (χ1v) is 6.54. The lowest BCUT2D eigenvalue weighted by Crippen LogP contribution is -2.50. The van der Waals surface area contributed by atoms with Crippen LogP contribution in [-0.2, 0) is 14.3 Å². The smallest absolute Gasteiger partial charge is 0.311 e. The quantitative estimate of drug-likeness (QED) is 0.810. The first-order valence-electron chi connectivity index (χ1n) is 6.54. The third kappa shape index (κ3) is 3.45. The molecule has 18 heavy (non-hydrogen) atoms. The third-order valence-corrected chi connectivity index (χ3v) is 3.60. The molecule has 0 aromatic carbocycles. The van der Waals surface area contributed by atoms with Gasteiger partial charge in [0.05, 0.1) is 11.5 Å². The zero-order valence-corrected chi connectivity index (χ0v) is 11.4. The highest BCUT2D eigenvalue weighted by Crippen LogP contribution is 2.33. The van der Waals surface area contributed by atoms with Crippen molar-refractivity contribution in [3.8, 4) is 0 Å². The molecule has 1 fully saturated rings. The Hall–Kier alpha value is -1.10. The summed E-state index contributed by atoms with van der Waals surface area (Å²) in [4.78, 5) is 24.9. The Bertz CT molecular complexity index is 316. The van der Waals surface area contributed by atoms with E-state index in [2.05, 4.69) is 0 Å². The van der Waals surface area contributed by atoms with Gasteiger partial charge in [0, 0.05) is 13.1 Å².